The molecule has 0 saturated carbocycles. The van der Waals surface area contributed by atoms with Crippen LogP contribution in [0.15, 0.2) is 87.5 Å². The number of phosphoric ester groups is 3. The quantitative estimate of drug-likeness (QED) is 0.146. The van der Waals surface area contributed by atoms with Crippen molar-refractivity contribution in [3.05, 3.63) is 72.8 Å². The molecule has 3 N–H and O–H groups in total. The Morgan fingerprint density at radius 2 is 0.596 bits per heavy atom. The number of benzene rings is 3. The second kappa shape index (κ2) is 19.3. The van der Waals surface area contributed by atoms with E-state index >= 15 is 0 Å². The van der Waals surface area contributed by atoms with Crippen LogP contribution >= 0.6 is 23.5 Å². The summed E-state index contributed by atoms with van der Waals surface area (Å²) in [5.74, 6) is -2.19. The van der Waals surface area contributed by atoms with Gasteiger partial charge in [0.1, 0.15) is 55.4 Å². The van der Waals surface area contributed by atoms with E-state index in [-0.39, 0.29) is 71.2 Å². The third kappa shape index (κ3) is 20.2. The second-order valence-electron chi connectivity index (χ2n) is 7.38. The summed E-state index contributed by atoms with van der Waals surface area (Å²) < 4.78 is 133. The molecule has 3 aromatic carbocycles. The Bertz CT molecular complexity index is 1740. The fraction of sp³-hybridized carbons (Fsp3) is 0. The first-order valence-electron chi connectivity index (χ1n) is 10.4. The number of hydrogen-bond donors (Lipinski definition) is 3. The van der Waals surface area contributed by atoms with Gasteiger partial charge >= 0.3 is 71.2 Å². The normalized spacial score (nSPS) is 11.9. The molecule has 3 rings (SSSR count). The average molecular weight is 1030 g/mol. The molecule has 0 aliphatic heterocycles. The summed E-state index contributed by atoms with van der Waals surface area (Å²) in [6, 6.07) is 13.0. The first-order chi connectivity index (χ1) is 20.1. The van der Waals surface area contributed by atoms with Crippen molar-refractivity contribution in [1.82, 2.24) is 0 Å². The predicted molar refractivity (Wildman–Crippen MR) is 133 cm³/mol. The summed E-state index contributed by atoms with van der Waals surface area (Å²) >= 11 is 0. The Morgan fingerprint density at radius 3 is 0.745 bits per heavy atom. The van der Waals surface area contributed by atoms with Crippen molar-refractivity contribution >= 4 is 53.8 Å². The van der Waals surface area contributed by atoms with Crippen LogP contribution in [0.5, 0.6) is 17.2 Å². The van der Waals surface area contributed by atoms with Gasteiger partial charge in [0.15, 0.2) is 0 Å². The number of para-hydroxylation sites is 3. The minimum absolute atomic E-state index is 0. The van der Waals surface area contributed by atoms with Crippen LogP contribution in [-0.4, -0.2) is 38.9 Å². The summed E-state index contributed by atoms with van der Waals surface area (Å²) in [5, 5.41) is 0. The van der Waals surface area contributed by atoms with Crippen LogP contribution in [0.2, 0.25) is 0 Å². The van der Waals surface area contributed by atoms with Crippen molar-refractivity contribution in [3.8, 4) is 17.2 Å². The van der Waals surface area contributed by atoms with Gasteiger partial charge in [0, 0.05) is 0 Å². The molecule has 0 fully saturated rings. The molecule has 21 nitrogen and oxygen atoms in total. The molecular formula is C18H15La2O21P3S3. The Balaban J connectivity index is 0. The van der Waals surface area contributed by atoms with Gasteiger partial charge in [-0.1, -0.05) is 36.4 Å². The first-order valence-corrected chi connectivity index (χ1v) is 19.1. The molecule has 47 heavy (non-hydrogen) atoms. The summed E-state index contributed by atoms with van der Waals surface area (Å²) in [7, 11) is -30.0. The fourth-order valence-corrected chi connectivity index (χ4v) is 5.81. The molecule has 0 saturated heterocycles. The van der Waals surface area contributed by atoms with E-state index in [1.807, 2.05) is 0 Å². The molecule has 3 aromatic rings. The topological polar surface area (TPSA) is 380 Å². The maximum Gasteiger partial charge on any atom is 3.00 e. The fourth-order valence-electron chi connectivity index (χ4n) is 2.58. The van der Waals surface area contributed by atoms with Gasteiger partial charge in [-0.2, -0.15) is 25.3 Å². The van der Waals surface area contributed by atoms with E-state index in [9.17, 15) is 68.3 Å². The zero-order valence-corrected chi connectivity index (χ0v) is 34.7. The zero-order chi connectivity index (χ0) is 35.1. The smallest absolute Gasteiger partial charge is 0.780 e. The number of rotatable bonds is 9. The Morgan fingerprint density at radius 1 is 0.426 bits per heavy atom. The molecule has 0 heterocycles. The minimum atomic E-state index is -5.36. The monoisotopic (exact) mass is 1030 g/mol. The summed E-state index contributed by atoms with van der Waals surface area (Å²) in [6.07, 6.45) is 0. The van der Waals surface area contributed by atoms with Gasteiger partial charge in [0.25, 0.3) is 30.4 Å². The zero-order valence-electron chi connectivity index (χ0n) is 22.3. The maximum atomic E-state index is 10.7. The number of hydrogen-bond acceptors (Lipinski definition) is 18. The molecule has 0 bridgehead atoms. The molecule has 0 aliphatic rings. The largest absolute Gasteiger partial charge is 3.00 e. The van der Waals surface area contributed by atoms with Crippen molar-refractivity contribution in [2.45, 2.75) is 14.7 Å². The van der Waals surface area contributed by atoms with Crippen molar-refractivity contribution in [1.29, 1.82) is 0 Å². The first kappa shape index (κ1) is 48.7. The van der Waals surface area contributed by atoms with Gasteiger partial charge < -0.3 is 56.6 Å². The standard InChI is InChI=1S/3C6H7O7PS.2La/c3*7-14(8,9)13-5-3-1-2-4-6(5)15(10,11)12;;/h3*1-4H,(H2,7,8,9)(H,10,11,12);;/q;;;2*+3/p-6. The third-order valence-corrected chi connectivity index (χ3v) is 7.95. The molecule has 0 aromatic heterocycles. The second-order valence-corrected chi connectivity index (χ2v) is 14.8. The summed E-state index contributed by atoms with van der Waals surface area (Å²) in [6.45, 7) is 0. The van der Waals surface area contributed by atoms with Gasteiger partial charge in [-0.25, -0.2) is 0 Å². The van der Waals surface area contributed by atoms with Gasteiger partial charge in [0.2, 0.25) is 0 Å². The predicted octanol–water partition coefficient (Wildman–Crippen LogP) is -2.58. The van der Waals surface area contributed by atoms with E-state index in [0.717, 1.165) is 36.4 Å². The molecule has 0 atom stereocenters. The van der Waals surface area contributed by atoms with E-state index in [1.54, 1.807) is 0 Å². The average Bonchev–Trinajstić information content (AvgIpc) is 2.81. The van der Waals surface area contributed by atoms with Crippen LogP contribution in [0.1, 0.15) is 0 Å². The van der Waals surface area contributed by atoms with Crippen LogP contribution in [0.4, 0.5) is 0 Å². The molecule has 0 spiro atoms. The van der Waals surface area contributed by atoms with Gasteiger partial charge in [-0.15, -0.1) is 0 Å². The Hall–Kier alpha value is -0.370. The molecule has 29 heteroatoms. The van der Waals surface area contributed by atoms with Crippen molar-refractivity contribution in [2.24, 2.45) is 0 Å². The third-order valence-electron chi connectivity index (χ3n) is 4.01. The molecule has 0 unspecified atom stereocenters. The molecule has 0 aliphatic carbocycles. The maximum absolute atomic E-state index is 10.7. The van der Waals surface area contributed by atoms with Gasteiger partial charge in [-0.05, 0) is 36.4 Å². The van der Waals surface area contributed by atoms with Crippen molar-refractivity contribution in [2.75, 3.05) is 0 Å². The Labute approximate surface area is 321 Å². The number of phosphoric acid groups is 3. The van der Waals surface area contributed by atoms with Crippen LogP contribution in [-0.2, 0) is 44.0 Å². The Kier molecular flexibility index (Phi) is 20.0. The molecular weight excluding hydrogens is 1020 g/mol. The molecule has 0 amide bonds. The SMILES string of the molecule is O=P([O-])([O-])Oc1ccccc1S(=O)(=O)O.O=P([O-])([O-])Oc1ccccc1S(=O)(=O)O.O=P([O-])([O-])Oc1ccccc1S(=O)(=O)O.[La+3].[La+3]. The molecule has 0 radical (unpaired) electrons. The van der Waals surface area contributed by atoms with E-state index in [1.165, 1.54) is 36.4 Å². The van der Waals surface area contributed by atoms with E-state index in [0.29, 0.717) is 0 Å². The minimum Gasteiger partial charge on any atom is -0.780 e. The van der Waals surface area contributed by atoms with Gasteiger partial charge in [-0.3, -0.25) is 13.7 Å². The molecule has 252 valence electrons. The summed E-state index contributed by atoms with van der Waals surface area (Å²) in [4.78, 5) is 59.2. The van der Waals surface area contributed by atoms with E-state index in [2.05, 4.69) is 13.6 Å². The van der Waals surface area contributed by atoms with E-state index in [4.69, 9.17) is 13.7 Å². The van der Waals surface area contributed by atoms with Crippen LogP contribution in [0.3, 0.4) is 0 Å². The van der Waals surface area contributed by atoms with Crippen molar-refractivity contribution < 1.29 is 167 Å². The van der Waals surface area contributed by atoms with E-state index < -0.39 is 85.8 Å². The van der Waals surface area contributed by atoms with Crippen LogP contribution in [0.25, 0.3) is 0 Å². The van der Waals surface area contributed by atoms with Gasteiger partial charge in [0.05, 0.1) is 0 Å². The van der Waals surface area contributed by atoms with Crippen molar-refractivity contribution in [3.63, 3.8) is 0 Å². The van der Waals surface area contributed by atoms with Crippen LogP contribution < -0.4 is 42.9 Å². The van der Waals surface area contributed by atoms with Crippen LogP contribution in [0, 0.1) is 71.2 Å². The summed E-state index contributed by atoms with van der Waals surface area (Å²) in [5.41, 5.74) is 0.